The number of benzene rings is 2. The molecule has 2 amide bonds. The van der Waals surface area contributed by atoms with Crippen molar-refractivity contribution >= 4 is 29.1 Å². The van der Waals surface area contributed by atoms with Crippen molar-refractivity contribution in [2.45, 2.75) is 26.3 Å². The molecule has 0 aliphatic carbocycles. The summed E-state index contributed by atoms with van der Waals surface area (Å²) in [5.74, 6) is -0.601. The zero-order valence-corrected chi connectivity index (χ0v) is 15.0. The number of hydrazine groups is 1. The van der Waals surface area contributed by atoms with E-state index < -0.39 is 6.04 Å². The van der Waals surface area contributed by atoms with Crippen LogP contribution in [0.15, 0.2) is 54.6 Å². The van der Waals surface area contributed by atoms with Gasteiger partial charge in [0.2, 0.25) is 0 Å². The number of amides is 2. The number of anilines is 1. The maximum absolute atomic E-state index is 12.5. The molecule has 0 fully saturated rings. The summed E-state index contributed by atoms with van der Waals surface area (Å²) >= 11 is 5.92. The van der Waals surface area contributed by atoms with Crippen LogP contribution in [0.5, 0.6) is 0 Å². The molecule has 0 spiro atoms. The SMILES string of the molecule is CCC(C)C(NC(=O)c1ccccc1)C(=O)NNc1cccc(Cl)c1. The van der Waals surface area contributed by atoms with Crippen LogP contribution < -0.4 is 16.2 Å². The van der Waals surface area contributed by atoms with Gasteiger partial charge in [0, 0.05) is 10.6 Å². The molecule has 2 rings (SSSR count). The van der Waals surface area contributed by atoms with E-state index in [1.165, 1.54) is 0 Å². The smallest absolute Gasteiger partial charge is 0.261 e. The Labute approximate surface area is 152 Å². The molecule has 5 nitrogen and oxygen atoms in total. The van der Waals surface area contributed by atoms with Crippen LogP contribution in [0.4, 0.5) is 5.69 Å². The molecule has 0 heterocycles. The lowest BCUT2D eigenvalue weighted by atomic mass is 9.98. The lowest BCUT2D eigenvalue weighted by molar-refractivity contribution is -0.123. The first-order chi connectivity index (χ1) is 12.0. The van der Waals surface area contributed by atoms with Crippen molar-refractivity contribution in [3.8, 4) is 0 Å². The lowest BCUT2D eigenvalue weighted by Crippen LogP contribution is -2.51. The van der Waals surface area contributed by atoms with Crippen LogP contribution in [0.2, 0.25) is 5.02 Å². The van der Waals surface area contributed by atoms with E-state index in [1.807, 2.05) is 19.9 Å². The summed E-state index contributed by atoms with van der Waals surface area (Å²) in [6, 6.07) is 15.2. The van der Waals surface area contributed by atoms with Crippen LogP contribution in [0, 0.1) is 5.92 Å². The topological polar surface area (TPSA) is 70.2 Å². The van der Waals surface area contributed by atoms with E-state index in [-0.39, 0.29) is 17.7 Å². The van der Waals surface area contributed by atoms with E-state index in [0.29, 0.717) is 16.3 Å². The van der Waals surface area contributed by atoms with Crippen LogP contribution in [0.25, 0.3) is 0 Å². The van der Waals surface area contributed by atoms with Gasteiger partial charge in [0.1, 0.15) is 6.04 Å². The highest BCUT2D eigenvalue weighted by molar-refractivity contribution is 6.30. The van der Waals surface area contributed by atoms with Crippen LogP contribution in [0.3, 0.4) is 0 Å². The number of hydrogen-bond donors (Lipinski definition) is 3. The Balaban J connectivity index is 2.03. The van der Waals surface area contributed by atoms with Gasteiger partial charge in [0.15, 0.2) is 0 Å². The molecule has 25 heavy (non-hydrogen) atoms. The van der Waals surface area contributed by atoms with Gasteiger partial charge in [0.25, 0.3) is 11.8 Å². The third-order valence-corrected chi connectivity index (χ3v) is 4.21. The normalized spacial score (nSPS) is 12.8. The van der Waals surface area contributed by atoms with Crippen molar-refractivity contribution in [3.05, 3.63) is 65.2 Å². The predicted octanol–water partition coefficient (Wildman–Crippen LogP) is 3.63. The third-order valence-electron chi connectivity index (χ3n) is 3.97. The molecule has 0 saturated heterocycles. The maximum Gasteiger partial charge on any atom is 0.261 e. The summed E-state index contributed by atoms with van der Waals surface area (Å²) in [6.45, 7) is 3.90. The molecule has 6 heteroatoms. The second-order valence-electron chi connectivity index (χ2n) is 5.83. The van der Waals surface area contributed by atoms with E-state index in [4.69, 9.17) is 11.6 Å². The zero-order valence-electron chi connectivity index (χ0n) is 14.3. The standard InChI is InChI=1S/C19H22ClN3O2/c1-3-13(2)17(21-18(24)14-8-5-4-6-9-14)19(25)23-22-16-11-7-10-15(20)12-16/h4-13,17,22H,3H2,1-2H3,(H,21,24)(H,23,25). The summed E-state index contributed by atoms with van der Waals surface area (Å²) in [5.41, 5.74) is 6.64. The molecule has 0 aromatic heterocycles. The van der Waals surface area contributed by atoms with E-state index in [9.17, 15) is 9.59 Å². The van der Waals surface area contributed by atoms with Crippen molar-refractivity contribution in [2.75, 3.05) is 5.43 Å². The van der Waals surface area contributed by atoms with Crippen LogP contribution >= 0.6 is 11.6 Å². The minimum Gasteiger partial charge on any atom is -0.340 e. The average molecular weight is 360 g/mol. The molecule has 132 valence electrons. The van der Waals surface area contributed by atoms with Gasteiger partial charge in [0.05, 0.1) is 5.69 Å². The number of rotatable bonds is 7. The van der Waals surface area contributed by atoms with Crippen LogP contribution in [-0.4, -0.2) is 17.9 Å². The molecule has 3 N–H and O–H groups in total. The first-order valence-corrected chi connectivity index (χ1v) is 8.56. The fraction of sp³-hybridized carbons (Fsp3) is 0.263. The molecular formula is C19H22ClN3O2. The molecule has 0 saturated carbocycles. The van der Waals surface area contributed by atoms with E-state index >= 15 is 0 Å². The van der Waals surface area contributed by atoms with Gasteiger partial charge in [-0.3, -0.25) is 20.4 Å². The van der Waals surface area contributed by atoms with Crippen molar-refractivity contribution in [3.63, 3.8) is 0 Å². The second kappa shape index (κ2) is 9.08. The van der Waals surface area contributed by atoms with Gasteiger partial charge in [-0.15, -0.1) is 0 Å². The quantitative estimate of drug-likeness (QED) is 0.661. The summed E-state index contributed by atoms with van der Waals surface area (Å²) < 4.78 is 0. The fourth-order valence-electron chi connectivity index (χ4n) is 2.29. The Hall–Kier alpha value is -2.53. The molecule has 0 aliphatic heterocycles. The highest BCUT2D eigenvalue weighted by Crippen LogP contribution is 2.14. The summed E-state index contributed by atoms with van der Waals surface area (Å²) in [5, 5.41) is 3.38. The first-order valence-electron chi connectivity index (χ1n) is 8.18. The van der Waals surface area contributed by atoms with Crippen molar-refractivity contribution in [2.24, 2.45) is 5.92 Å². The predicted molar refractivity (Wildman–Crippen MR) is 100 cm³/mol. The van der Waals surface area contributed by atoms with Crippen molar-refractivity contribution < 1.29 is 9.59 Å². The molecule has 0 radical (unpaired) electrons. The maximum atomic E-state index is 12.5. The van der Waals surface area contributed by atoms with Crippen molar-refractivity contribution in [1.82, 2.24) is 10.7 Å². The molecule has 0 bridgehead atoms. The van der Waals surface area contributed by atoms with E-state index in [1.54, 1.807) is 48.5 Å². The van der Waals surface area contributed by atoms with Crippen LogP contribution in [0.1, 0.15) is 30.6 Å². The molecule has 2 atom stereocenters. The number of carbonyl (C=O) groups is 2. The molecule has 0 aliphatic rings. The Kier molecular flexibility index (Phi) is 6.83. The molecular weight excluding hydrogens is 338 g/mol. The van der Waals surface area contributed by atoms with Gasteiger partial charge in [-0.2, -0.15) is 0 Å². The second-order valence-corrected chi connectivity index (χ2v) is 6.26. The number of carbonyl (C=O) groups excluding carboxylic acids is 2. The van der Waals surface area contributed by atoms with E-state index in [2.05, 4.69) is 16.2 Å². The zero-order chi connectivity index (χ0) is 18.2. The van der Waals surface area contributed by atoms with Gasteiger partial charge >= 0.3 is 0 Å². The Morgan fingerprint density at radius 3 is 2.44 bits per heavy atom. The highest BCUT2D eigenvalue weighted by atomic mass is 35.5. The van der Waals surface area contributed by atoms with Gasteiger partial charge in [-0.1, -0.05) is 56.1 Å². The highest BCUT2D eigenvalue weighted by Gasteiger charge is 2.26. The minimum atomic E-state index is -0.649. The van der Waals surface area contributed by atoms with Crippen molar-refractivity contribution in [1.29, 1.82) is 0 Å². The Bertz CT molecular complexity index is 722. The monoisotopic (exact) mass is 359 g/mol. The third kappa shape index (κ3) is 5.50. The minimum absolute atomic E-state index is 0.0196. The average Bonchev–Trinajstić information content (AvgIpc) is 2.64. The van der Waals surface area contributed by atoms with Gasteiger partial charge in [-0.25, -0.2) is 0 Å². The van der Waals surface area contributed by atoms with Crippen LogP contribution in [-0.2, 0) is 4.79 Å². The lowest BCUT2D eigenvalue weighted by Gasteiger charge is -2.24. The Morgan fingerprint density at radius 2 is 1.80 bits per heavy atom. The summed E-state index contributed by atoms with van der Waals surface area (Å²) in [6.07, 6.45) is 0.754. The summed E-state index contributed by atoms with van der Waals surface area (Å²) in [4.78, 5) is 24.9. The number of halogens is 1. The largest absolute Gasteiger partial charge is 0.340 e. The van der Waals surface area contributed by atoms with Gasteiger partial charge < -0.3 is 5.32 Å². The fourth-order valence-corrected chi connectivity index (χ4v) is 2.48. The number of hydrogen-bond acceptors (Lipinski definition) is 3. The number of nitrogens with one attached hydrogen (secondary N) is 3. The molecule has 2 aromatic carbocycles. The molecule has 2 unspecified atom stereocenters. The van der Waals surface area contributed by atoms with E-state index in [0.717, 1.165) is 6.42 Å². The molecule has 2 aromatic rings. The Morgan fingerprint density at radius 1 is 1.08 bits per heavy atom. The first kappa shape index (κ1) is 18.8. The summed E-state index contributed by atoms with van der Waals surface area (Å²) in [7, 11) is 0. The van der Waals surface area contributed by atoms with Gasteiger partial charge in [-0.05, 0) is 36.2 Å².